The van der Waals surface area contributed by atoms with Crippen molar-refractivity contribution in [2.75, 3.05) is 0 Å². The van der Waals surface area contributed by atoms with E-state index in [1.165, 1.54) is 36.4 Å². The molecule has 2 aromatic carbocycles. The van der Waals surface area contributed by atoms with Crippen LogP contribution in [-0.2, 0) is 9.59 Å². The zero-order valence-corrected chi connectivity index (χ0v) is 12.2. The molecule has 4 nitrogen and oxygen atoms in total. The van der Waals surface area contributed by atoms with Gasteiger partial charge in [0.15, 0.2) is 0 Å². The molecule has 1 aliphatic carbocycles. The second-order valence-corrected chi connectivity index (χ2v) is 6.31. The molecule has 5 rings (SSSR count). The van der Waals surface area contributed by atoms with Crippen LogP contribution in [0.1, 0.15) is 23.0 Å². The molecule has 1 fully saturated rings. The lowest BCUT2D eigenvalue weighted by molar-refractivity contribution is -0.165. The van der Waals surface area contributed by atoms with Gasteiger partial charge in [0, 0.05) is 23.0 Å². The monoisotopic (exact) mass is 328 g/mol. The number of carbonyl (C=O) groups excluding carboxylic acids is 2. The van der Waals surface area contributed by atoms with E-state index in [0.717, 1.165) is 0 Å². The Hall–Kier alpha value is -2.76. The molecule has 3 aliphatic rings. The Labute approximate surface area is 135 Å². The van der Waals surface area contributed by atoms with E-state index >= 15 is 0 Å². The van der Waals surface area contributed by atoms with Gasteiger partial charge in [0.2, 0.25) is 0 Å². The van der Waals surface area contributed by atoms with E-state index in [-0.39, 0.29) is 11.5 Å². The van der Waals surface area contributed by atoms with Gasteiger partial charge in [-0.05, 0) is 36.4 Å². The van der Waals surface area contributed by atoms with Crippen molar-refractivity contribution in [1.29, 1.82) is 0 Å². The van der Waals surface area contributed by atoms with Gasteiger partial charge in [0.1, 0.15) is 23.1 Å². The molecule has 120 valence electrons. The third-order valence-electron chi connectivity index (χ3n) is 5.17. The van der Waals surface area contributed by atoms with Crippen LogP contribution in [0.25, 0.3) is 0 Å². The molecule has 0 aromatic heterocycles. The average Bonchev–Trinajstić information content (AvgIpc) is 2.50. The largest absolute Gasteiger partial charge is 0.426 e. The van der Waals surface area contributed by atoms with Crippen LogP contribution in [0.2, 0.25) is 0 Å². The van der Waals surface area contributed by atoms with E-state index in [2.05, 4.69) is 0 Å². The Morgan fingerprint density at radius 2 is 1.08 bits per heavy atom. The van der Waals surface area contributed by atoms with E-state index in [1.807, 2.05) is 0 Å². The lowest BCUT2D eigenvalue weighted by Crippen LogP contribution is -2.57. The van der Waals surface area contributed by atoms with Gasteiger partial charge in [-0.2, -0.15) is 0 Å². The molecule has 0 amide bonds. The molecule has 4 atom stereocenters. The zero-order valence-electron chi connectivity index (χ0n) is 12.2. The van der Waals surface area contributed by atoms with Crippen molar-refractivity contribution in [1.82, 2.24) is 0 Å². The number of ether oxygens (including phenoxy) is 2. The van der Waals surface area contributed by atoms with Gasteiger partial charge < -0.3 is 9.47 Å². The highest BCUT2D eigenvalue weighted by Crippen LogP contribution is 2.64. The van der Waals surface area contributed by atoms with Crippen molar-refractivity contribution in [3.8, 4) is 11.5 Å². The molecular formula is C18H10F2O4. The minimum absolute atomic E-state index is 0.290. The van der Waals surface area contributed by atoms with Crippen molar-refractivity contribution >= 4 is 11.9 Å². The smallest absolute Gasteiger partial charge is 0.315 e. The molecule has 0 radical (unpaired) electrons. The zero-order chi connectivity index (χ0) is 16.6. The second kappa shape index (κ2) is 4.41. The maximum atomic E-state index is 13.7. The fraction of sp³-hybridized carbons (Fsp3) is 0.222. The van der Waals surface area contributed by atoms with Crippen LogP contribution in [0.4, 0.5) is 8.78 Å². The van der Waals surface area contributed by atoms with Crippen LogP contribution in [0, 0.1) is 23.5 Å². The molecule has 2 heterocycles. The summed E-state index contributed by atoms with van der Waals surface area (Å²) < 4.78 is 37.9. The van der Waals surface area contributed by atoms with E-state index in [1.54, 1.807) is 0 Å². The van der Waals surface area contributed by atoms with Gasteiger partial charge in [-0.1, -0.05) is 0 Å². The summed E-state index contributed by atoms with van der Waals surface area (Å²) in [7, 11) is 0. The Kier molecular flexibility index (Phi) is 2.51. The molecular weight excluding hydrogens is 318 g/mol. The summed E-state index contributed by atoms with van der Waals surface area (Å²) in [5.74, 6) is -3.68. The van der Waals surface area contributed by atoms with Crippen molar-refractivity contribution in [2.24, 2.45) is 11.8 Å². The molecule has 0 N–H and O–H groups in total. The molecule has 1 saturated carbocycles. The number of esters is 2. The van der Waals surface area contributed by atoms with Crippen LogP contribution in [0.3, 0.4) is 0 Å². The number of carbonyl (C=O) groups is 2. The van der Waals surface area contributed by atoms with E-state index < -0.39 is 47.2 Å². The first-order chi connectivity index (χ1) is 11.5. The third-order valence-corrected chi connectivity index (χ3v) is 5.17. The van der Waals surface area contributed by atoms with E-state index in [4.69, 9.17) is 9.47 Å². The van der Waals surface area contributed by atoms with Gasteiger partial charge in [-0.15, -0.1) is 0 Å². The van der Waals surface area contributed by atoms with Gasteiger partial charge in [0.05, 0.1) is 11.8 Å². The molecule has 0 bridgehead atoms. The Morgan fingerprint density at radius 3 is 1.50 bits per heavy atom. The Bertz CT molecular complexity index is 848. The van der Waals surface area contributed by atoms with Crippen molar-refractivity contribution < 1.29 is 27.8 Å². The van der Waals surface area contributed by atoms with Crippen LogP contribution in [-0.4, -0.2) is 11.9 Å². The van der Waals surface area contributed by atoms with Crippen molar-refractivity contribution in [3.63, 3.8) is 0 Å². The normalized spacial score (nSPS) is 29.2. The molecule has 2 aliphatic heterocycles. The highest BCUT2D eigenvalue weighted by Gasteiger charge is 2.64. The summed E-state index contributed by atoms with van der Waals surface area (Å²) >= 11 is 0. The summed E-state index contributed by atoms with van der Waals surface area (Å²) in [5, 5.41) is 0. The number of halogens is 2. The molecule has 0 saturated heterocycles. The average molecular weight is 328 g/mol. The lowest BCUT2D eigenvalue weighted by atomic mass is 9.51. The maximum absolute atomic E-state index is 13.7. The standard InChI is InChI=1S/C18H10F2O4/c19-7-1-3-11-9(5-7)13-14-10-6-8(20)2-4-12(10)24-18(22)16(14)15(13)17(21)23-11/h1-6,13-16H/t13-,14+,15-,16+. The molecule has 2 aromatic rings. The fourth-order valence-electron chi connectivity index (χ4n) is 4.21. The minimum atomic E-state index is -0.729. The number of benzene rings is 2. The van der Waals surface area contributed by atoms with Crippen LogP contribution in [0.5, 0.6) is 11.5 Å². The first-order valence-electron chi connectivity index (χ1n) is 7.57. The van der Waals surface area contributed by atoms with Crippen molar-refractivity contribution in [3.05, 3.63) is 59.2 Å². The van der Waals surface area contributed by atoms with Gasteiger partial charge in [-0.3, -0.25) is 9.59 Å². The summed E-state index contributed by atoms with van der Waals surface area (Å²) in [6.45, 7) is 0. The molecule has 0 spiro atoms. The predicted octanol–water partition coefficient (Wildman–Crippen LogP) is 2.92. The van der Waals surface area contributed by atoms with Gasteiger partial charge in [-0.25, -0.2) is 8.78 Å². The van der Waals surface area contributed by atoms with E-state index in [9.17, 15) is 18.4 Å². The maximum Gasteiger partial charge on any atom is 0.315 e. The number of rotatable bonds is 0. The Balaban J connectivity index is 1.71. The molecule has 0 unspecified atom stereocenters. The highest BCUT2D eigenvalue weighted by atomic mass is 19.1. The number of hydrogen-bond donors (Lipinski definition) is 0. The SMILES string of the molecule is O=C1Oc2ccc(F)cc2[C@@H]2[C@H]1[C@@H]1C(=O)Oc3ccc(F)cc3[C@@H]12. The van der Waals surface area contributed by atoms with Gasteiger partial charge in [0.25, 0.3) is 0 Å². The summed E-state index contributed by atoms with van der Waals surface area (Å²) in [5.41, 5.74) is 1.07. The third kappa shape index (κ3) is 1.60. The van der Waals surface area contributed by atoms with Crippen LogP contribution >= 0.6 is 0 Å². The topological polar surface area (TPSA) is 52.6 Å². The van der Waals surface area contributed by atoms with Crippen LogP contribution in [0.15, 0.2) is 36.4 Å². The first kappa shape index (κ1) is 13.7. The van der Waals surface area contributed by atoms with Crippen LogP contribution < -0.4 is 9.47 Å². The van der Waals surface area contributed by atoms with E-state index in [0.29, 0.717) is 11.1 Å². The molecule has 6 heteroatoms. The predicted molar refractivity (Wildman–Crippen MR) is 76.5 cm³/mol. The summed E-state index contributed by atoms with van der Waals surface area (Å²) in [6, 6.07) is 7.86. The summed E-state index contributed by atoms with van der Waals surface area (Å²) in [4.78, 5) is 24.6. The Morgan fingerprint density at radius 1 is 0.667 bits per heavy atom. The molecule has 24 heavy (non-hydrogen) atoms. The highest BCUT2D eigenvalue weighted by molar-refractivity contribution is 5.92. The second-order valence-electron chi connectivity index (χ2n) is 6.31. The number of hydrogen-bond acceptors (Lipinski definition) is 4. The quantitative estimate of drug-likeness (QED) is 0.551. The fourth-order valence-corrected chi connectivity index (χ4v) is 4.21. The lowest BCUT2D eigenvalue weighted by Gasteiger charge is -2.53. The first-order valence-corrected chi connectivity index (χ1v) is 7.57. The minimum Gasteiger partial charge on any atom is -0.426 e. The number of fused-ring (bicyclic) bond motifs is 8. The van der Waals surface area contributed by atoms with Gasteiger partial charge >= 0.3 is 11.9 Å². The summed E-state index contributed by atoms with van der Waals surface area (Å²) in [6.07, 6.45) is 0. The van der Waals surface area contributed by atoms with Crippen molar-refractivity contribution in [2.45, 2.75) is 11.8 Å².